The highest BCUT2D eigenvalue weighted by Crippen LogP contribution is 2.33. The molecule has 1 heterocycles. The molecule has 0 aliphatic carbocycles. The Balaban J connectivity index is 1.85. The highest BCUT2D eigenvalue weighted by atomic mass is 19.4. The lowest BCUT2D eigenvalue weighted by Gasteiger charge is -2.33. The van der Waals surface area contributed by atoms with E-state index in [4.69, 9.17) is 0 Å². The Hall–Kier alpha value is -1.36. The lowest BCUT2D eigenvalue weighted by molar-refractivity contribution is -0.186. The third kappa shape index (κ3) is 4.56. The lowest BCUT2D eigenvalue weighted by Crippen LogP contribution is -2.42. The first kappa shape index (κ1) is 16.0. The largest absolute Gasteiger partial charge is 0.393 e. The zero-order valence-electron chi connectivity index (χ0n) is 12.1. The van der Waals surface area contributed by atoms with Gasteiger partial charge in [-0.1, -0.05) is 29.8 Å². The van der Waals surface area contributed by atoms with Crippen molar-refractivity contribution < 1.29 is 18.0 Å². The lowest BCUT2D eigenvalue weighted by atomic mass is 9.97. The Bertz CT molecular complexity index is 481. The molecule has 0 aromatic heterocycles. The third-order valence-corrected chi connectivity index (χ3v) is 4.00. The van der Waals surface area contributed by atoms with E-state index in [0.717, 1.165) is 5.56 Å². The molecule has 21 heavy (non-hydrogen) atoms. The number of rotatable bonds is 4. The summed E-state index contributed by atoms with van der Waals surface area (Å²) >= 11 is 0. The van der Waals surface area contributed by atoms with Gasteiger partial charge in [-0.2, -0.15) is 13.2 Å². The second kappa shape index (κ2) is 6.60. The van der Waals surface area contributed by atoms with Crippen LogP contribution in [0.3, 0.4) is 0 Å². The second-order valence-corrected chi connectivity index (χ2v) is 5.72. The topological polar surface area (TPSA) is 20.3 Å². The third-order valence-electron chi connectivity index (χ3n) is 4.00. The number of Topliss-reactive ketones (excluding diaryl/α,β-unsaturated/α-hetero) is 1. The van der Waals surface area contributed by atoms with Crippen LogP contribution in [0.5, 0.6) is 0 Å². The molecule has 1 aliphatic rings. The van der Waals surface area contributed by atoms with Crippen molar-refractivity contribution in [3.05, 3.63) is 35.4 Å². The average molecular weight is 299 g/mol. The van der Waals surface area contributed by atoms with Crippen LogP contribution in [-0.2, 0) is 0 Å². The molecule has 1 unspecified atom stereocenters. The summed E-state index contributed by atoms with van der Waals surface area (Å²) in [7, 11) is 0. The predicted octanol–water partition coefficient (Wildman–Crippen LogP) is 3.84. The normalized spacial score (nSPS) is 20.5. The van der Waals surface area contributed by atoms with Gasteiger partial charge in [0.05, 0.1) is 5.92 Å². The molecule has 1 aromatic rings. The molecule has 2 rings (SSSR count). The van der Waals surface area contributed by atoms with Crippen molar-refractivity contribution in [1.29, 1.82) is 0 Å². The highest BCUT2D eigenvalue weighted by molar-refractivity contribution is 5.96. The minimum atomic E-state index is -4.13. The summed E-state index contributed by atoms with van der Waals surface area (Å²) in [4.78, 5) is 13.8. The molecule has 1 saturated heterocycles. The number of carbonyl (C=O) groups excluding carboxylic acids is 1. The second-order valence-electron chi connectivity index (χ2n) is 5.72. The molecule has 0 N–H and O–H groups in total. The Morgan fingerprint density at radius 1 is 1.29 bits per heavy atom. The Morgan fingerprint density at radius 2 is 1.95 bits per heavy atom. The van der Waals surface area contributed by atoms with Gasteiger partial charge in [-0.05, 0) is 26.3 Å². The predicted molar refractivity (Wildman–Crippen MR) is 75.3 cm³/mol. The highest BCUT2D eigenvalue weighted by Gasteiger charge is 2.41. The minimum absolute atomic E-state index is 0.0101. The zero-order chi connectivity index (χ0) is 15.5. The molecule has 0 saturated carbocycles. The maximum atomic E-state index is 12.7. The number of hydrogen-bond donors (Lipinski definition) is 0. The summed E-state index contributed by atoms with van der Waals surface area (Å²) in [6.07, 6.45) is -3.11. The van der Waals surface area contributed by atoms with E-state index in [0.29, 0.717) is 25.1 Å². The van der Waals surface area contributed by atoms with Crippen molar-refractivity contribution in [2.75, 3.05) is 19.6 Å². The Kier molecular flexibility index (Phi) is 5.04. The maximum Gasteiger partial charge on any atom is 0.393 e. The SMILES string of the molecule is Cc1ccc(C(=O)CCN2CCCC(C(F)(F)F)C2)cc1. The van der Waals surface area contributed by atoms with Crippen LogP contribution in [0.25, 0.3) is 0 Å². The van der Waals surface area contributed by atoms with Gasteiger partial charge in [0.15, 0.2) is 5.78 Å². The van der Waals surface area contributed by atoms with Gasteiger partial charge in [0, 0.05) is 25.1 Å². The van der Waals surface area contributed by atoms with Gasteiger partial charge in [-0.15, -0.1) is 0 Å². The van der Waals surface area contributed by atoms with Gasteiger partial charge in [0.25, 0.3) is 0 Å². The van der Waals surface area contributed by atoms with Crippen LogP contribution in [0.1, 0.15) is 35.2 Å². The van der Waals surface area contributed by atoms with Crippen LogP contribution in [0, 0.1) is 12.8 Å². The molecule has 116 valence electrons. The molecule has 1 fully saturated rings. The average Bonchev–Trinajstić information content (AvgIpc) is 2.45. The van der Waals surface area contributed by atoms with Crippen LogP contribution in [0.15, 0.2) is 24.3 Å². The van der Waals surface area contributed by atoms with Crippen molar-refractivity contribution in [2.45, 2.75) is 32.4 Å². The molecule has 1 aliphatic heterocycles. The fraction of sp³-hybridized carbons (Fsp3) is 0.562. The van der Waals surface area contributed by atoms with E-state index >= 15 is 0 Å². The number of alkyl halides is 3. The van der Waals surface area contributed by atoms with E-state index in [1.807, 2.05) is 19.1 Å². The standard InChI is InChI=1S/C16H20F3NO/c1-12-4-6-13(7-5-12)15(21)8-10-20-9-2-3-14(11-20)16(17,18)19/h4-7,14H,2-3,8-11H2,1H3. The van der Waals surface area contributed by atoms with Gasteiger partial charge in [-0.3, -0.25) is 4.79 Å². The Morgan fingerprint density at radius 3 is 2.57 bits per heavy atom. The first-order valence-electron chi connectivity index (χ1n) is 7.25. The van der Waals surface area contributed by atoms with Crippen LogP contribution in [0.4, 0.5) is 13.2 Å². The van der Waals surface area contributed by atoms with Crippen molar-refractivity contribution in [3.8, 4) is 0 Å². The van der Waals surface area contributed by atoms with E-state index in [1.54, 1.807) is 17.0 Å². The summed E-state index contributed by atoms with van der Waals surface area (Å²) in [5.41, 5.74) is 1.71. The smallest absolute Gasteiger partial charge is 0.302 e. The summed E-state index contributed by atoms with van der Waals surface area (Å²) in [6, 6.07) is 7.28. The maximum absolute atomic E-state index is 12.7. The van der Waals surface area contributed by atoms with Crippen molar-refractivity contribution >= 4 is 5.78 Å². The summed E-state index contributed by atoms with van der Waals surface area (Å²) in [6.45, 7) is 3.01. The van der Waals surface area contributed by atoms with Gasteiger partial charge < -0.3 is 4.90 Å². The molecule has 0 amide bonds. The van der Waals surface area contributed by atoms with Crippen LogP contribution in [0.2, 0.25) is 0 Å². The minimum Gasteiger partial charge on any atom is -0.302 e. The number of benzene rings is 1. The Labute approximate surface area is 122 Å². The molecule has 0 radical (unpaired) electrons. The first-order valence-corrected chi connectivity index (χ1v) is 7.25. The zero-order valence-corrected chi connectivity index (χ0v) is 12.1. The van der Waals surface area contributed by atoms with Crippen molar-refractivity contribution in [2.24, 2.45) is 5.92 Å². The van der Waals surface area contributed by atoms with Crippen molar-refractivity contribution in [3.63, 3.8) is 0 Å². The van der Waals surface area contributed by atoms with Gasteiger partial charge >= 0.3 is 6.18 Å². The van der Waals surface area contributed by atoms with E-state index < -0.39 is 12.1 Å². The molecular formula is C16H20F3NO. The molecule has 1 aromatic carbocycles. The fourth-order valence-corrected chi connectivity index (χ4v) is 2.67. The number of halogens is 3. The quantitative estimate of drug-likeness (QED) is 0.787. The molecule has 1 atom stereocenters. The number of nitrogens with zero attached hydrogens (tertiary/aromatic N) is 1. The number of carbonyl (C=O) groups is 1. The number of likely N-dealkylation sites (tertiary alicyclic amines) is 1. The number of hydrogen-bond acceptors (Lipinski definition) is 2. The van der Waals surface area contributed by atoms with Gasteiger partial charge in [-0.25, -0.2) is 0 Å². The van der Waals surface area contributed by atoms with Crippen molar-refractivity contribution in [1.82, 2.24) is 4.90 Å². The molecule has 0 spiro atoms. The van der Waals surface area contributed by atoms with Crippen LogP contribution >= 0.6 is 0 Å². The molecule has 5 heteroatoms. The monoisotopic (exact) mass is 299 g/mol. The van der Waals surface area contributed by atoms with Gasteiger partial charge in [0.2, 0.25) is 0 Å². The fourth-order valence-electron chi connectivity index (χ4n) is 2.67. The van der Waals surface area contributed by atoms with Crippen LogP contribution < -0.4 is 0 Å². The summed E-state index contributed by atoms with van der Waals surface area (Å²) in [5, 5.41) is 0. The molecule has 0 bridgehead atoms. The number of piperidine rings is 1. The summed E-state index contributed by atoms with van der Waals surface area (Å²) < 4.78 is 38.2. The number of aryl methyl sites for hydroxylation is 1. The van der Waals surface area contributed by atoms with Crippen LogP contribution in [-0.4, -0.2) is 36.5 Å². The summed E-state index contributed by atoms with van der Waals surface area (Å²) in [5.74, 6) is -1.26. The first-order chi connectivity index (χ1) is 9.86. The van der Waals surface area contributed by atoms with E-state index in [-0.39, 0.29) is 25.2 Å². The van der Waals surface area contributed by atoms with E-state index in [1.165, 1.54) is 0 Å². The number of ketones is 1. The molecule has 2 nitrogen and oxygen atoms in total. The van der Waals surface area contributed by atoms with Gasteiger partial charge in [0.1, 0.15) is 0 Å². The van der Waals surface area contributed by atoms with E-state index in [2.05, 4.69) is 0 Å². The van der Waals surface area contributed by atoms with E-state index in [9.17, 15) is 18.0 Å². The molecular weight excluding hydrogens is 279 g/mol.